The van der Waals surface area contributed by atoms with Crippen molar-refractivity contribution in [1.82, 2.24) is 0 Å². The minimum atomic E-state index is -0.394. The first-order valence-electron chi connectivity index (χ1n) is 5.34. The molecule has 4 nitrogen and oxygen atoms in total. The van der Waals surface area contributed by atoms with Crippen LogP contribution in [0, 0.1) is 11.3 Å². The first-order valence-corrected chi connectivity index (χ1v) is 6.13. The van der Waals surface area contributed by atoms with Crippen molar-refractivity contribution in [1.29, 1.82) is 5.26 Å². The van der Waals surface area contributed by atoms with E-state index in [1.165, 1.54) is 0 Å². The third kappa shape index (κ3) is 2.62. The Kier molecular flexibility index (Phi) is 3.83. The van der Waals surface area contributed by atoms with Gasteiger partial charge in [-0.3, -0.25) is 0 Å². The fourth-order valence-electron chi connectivity index (χ4n) is 1.79. The molecule has 2 rings (SSSR count). The predicted octanol–water partition coefficient (Wildman–Crippen LogP) is 4.52. The second-order valence-corrected chi connectivity index (χ2v) is 4.76. The number of nitrogens with zero attached hydrogens (tertiary/aromatic N) is 4. The smallest absolute Gasteiger partial charge is 0.0769 e. The van der Waals surface area contributed by atoms with Crippen LogP contribution < -0.4 is 0 Å². The molecule has 0 fully saturated rings. The van der Waals surface area contributed by atoms with E-state index in [1.807, 2.05) is 36.4 Å². The van der Waals surface area contributed by atoms with Gasteiger partial charge in [-0.15, -0.1) is 0 Å². The largest absolute Gasteiger partial charge is 0.198 e. The van der Waals surface area contributed by atoms with Crippen LogP contribution in [-0.2, 0) is 0 Å². The van der Waals surface area contributed by atoms with E-state index in [9.17, 15) is 0 Å². The SMILES string of the molecule is N#C[C@H](CN=[N+]=[N-])c1ccc2cc(Br)ccc2c1. The molecule has 1 atom stereocenters. The standard InChI is InChI=1S/C13H9BrN4/c14-13-4-3-9-5-10(1-2-11(9)6-13)12(7-15)8-17-18-16/h1-6,12H,8H2/t12-/m1/s1. The molecule has 0 saturated heterocycles. The number of azide groups is 1. The van der Waals surface area contributed by atoms with E-state index in [0.717, 1.165) is 20.8 Å². The molecule has 0 unspecified atom stereocenters. The molecule has 2 aromatic carbocycles. The van der Waals surface area contributed by atoms with E-state index in [-0.39, 0.29) is 6.54 Å². The molecule has 0 heterocycles. The molecular formula is C13H9BrN4. The zero-order valence-electron chi connectivity index (χ0n) is 9.42. The lowest BCUT2D eigenvalue weighted by Gasteiger charge is -2.07. The van der Waals surface area contributed by atoms with Crippen molar-refractivity contribution in [3.8, 4) is 6.07 Å². The Balaban J connectivity index is 2.43. The molecule has 18 heavy (non-hydrogen) atoms. The average Bonchev–Trinajstić information content (AvgIpc) is 2.39. The molecule has 0 saturated carbocycles. The van der Waals surface area contributed by atoms with E-state index in [4.69, 9.17) is 10.8 Å². The highest BCUT2D eigenvalue weighted by Crippen LogP contribution is 2.24. The first-order chi connectivity index (χ1) is 8.74. The number of rotatable bonds is 3. The van der Waals surface area contributed by atoms with Crippen LogP contribution in [0.2, 0.25) is 0 Å². The van der Waals surface area contributed by atoms with Gasteiger partial charge in [-0.1, -0.05) is 39.2 Å². The van der Waals surface area contributed by atoms with Crippen LogP contribution in [0.15, 0.2) is 46.0 Å². The first kappa shape index (κ1) is 12.4. The summed E-state index contributed by atoms with van der Waals surface area (Å²) in [6, 6.07) is 14.0. The minimum absolute atomic E-state index is 0.162. The summed E-state index contributed by atoms with van der Waals surface area (Å²) >= 11 is 3.42. The van der Waals surface area contributed by atoms with Crippen LogP contribution in [0.1, 0.15) is 11.5 Å². The van der Waals surface area contributed by atoms with Gasteiger partial charge in [-0.05, 0) is 40.1 Å². The van der Waals surface area contributed by atoms with Crippen LogP contribution in [0.3, 0.4) is 0 Å². The molecule has 0 spiro atoms. The maximum atomic E-state index is 9.08. The summed E-state index contributed by atoms with van der Waals surface area (Å²) in [4.78, 5) is 2.69. The Hall–Kier alpha value is -2.02. The lowest BCUT2D eigenvalue weighted by Crippen LogP contribution is -1.99. The average molecular weight is 301 g/mol. The Morgan fingerprint density at radius 2 is 2.00 bits per heavy atom. The number of nitriles is 1. The second-order valence-electron chi connectivity index (χ2n) is 3.85. The van der Waals surface area contributed by atoms with Gasteiger partial charge < -0.3 is 0 Å². The number of hydrogen-bond acceptors (Lipinski definition) is 2. The zero-order chi connectivity index (χ0) is 13.0. The van der Waals surface area contributed by atoms with Crippen LogP contribution in [0.4, 0.5) is 0 Å². The van der Waals surface area contributed by atoms with Crippen molar-refractivity contribution in [3.05, 3.63) is 56.9 Å². The van der Waals surface area contributed by atoms with Gasteiger partial charge in [-0.25, -0.2) is 0 Å². The summed E-state index contributed by atoms with van der Waals surface area (Å²) in [5.74, 6) is -0.394. The summed E-state index contributed by atoms with van der Waals surface area (Å²) in [6.07, 6.45) is 0. The molecule has 0 bridgehead atoms. The van der Waals surface area contributed by atoms with Gasteiger partial charge in [0.2, 0.25) is 0 Å². The number of halogens is 1. The molecule has 5 heteroatoms. The Morgan fingerprint density at radius 3 is 2.72 bits per heavy atom. The highest BCUT2D eigenvalue weighted by Gasteiger charge is 2.09. The van der Waals surface area contributed by atoms with Crippen LogP contribution in [0.5, 0.6) is 0 Å². The Morgan fingerprint density at radius 1 is 1.28 bits per heavy atom. The maximum absolute atomic E-state index is 9.08. The van der Waals surface area contributed by atoms with Crippen molar-refractivity contribution in [2.24, 2.45) is 5.11 Å². The lowest BCUT2D eigenvalue weighted by molar-refractivity contribution is 0.856. The third-order valence-corrected chi connectivity index (χ3v) is 3.21. The van der Waals surface area contributed by atoms with E-state index in [1.54, 1.807) is 0 Å². The van der Waals surface area contributed by atoms with Gasteiger partial charge in [0, 0.05) is 15.9 Å². The molecule has 88 valence electrons. The summed E-state index contributed by atoms with van der Waals surface area (Å²) in [7, 11) is 0. The Bertz CT molecular complexity index is 668. The van der Waals surface area contributed by atoms with E-state index >= 15 is 0 Å². The van der Waals surface area contributed by atoms with E-state index in [0.29, 0.717) is 0 Å². The molecule has 2 aromatic rings. The molecule has 0 aromatic heterocycles. The zero-order valence-corrected chi connectivity index (χ0v) is 11.0. The molecule has 0 amide bonds. The van der Waals surface area contributed by atoms with Crippen molar-refractivity contribution in [3.63, 3.8) is 0 Å². The molecule has 0 radical (unpaired) electrons. The highest BCUT2D eigenvalue weighted by atomic mass is 79.9. The predicted molar refractivity (Wildman–Crippen MR) is 74.0 cm³/mol. The maximum Gasteiger partial charge on any atom is 0.0769 e. The van der Waals surface area contributed by atoms with Crippen LogP contribution >= 0.6 is 15.9 Å². The fraction of sp³-hybridized carbons (Fsp3) is 0.154. The number of hydrogen-bond donors (Lipinski definition) is 0. The van der Waals surface area contributed by atoms with Gasteiger partial charge in [-0.2, -0.15) is 5.26 Å². The minimum Gasteiger partial charge on any atom is -0.198 e. The highest BCUT2D eigenvalue weighted by molar-refractivity contribution is 9.10. The van der Waals surface area contributed by atoms with Crippen molar-refractivity contribution in [2.75, 3.05) is 6.54 Å². The second kappa shape index (κ2) is 5.54. The van der Waals surface area contributed by atoms with Crippen molar-refractivity contribution >= 4 is 26.7 Å². The normalized spacial score (nSPS) is 11.6. The van der Waals surface area contributed by atoms with Crippen LogP contribution in [0.25, 0.3) is 21.2 Å². The molecular weight excluding hydrogens is 292 g/mol. The summed E-state index contributed by atoms with van der Waals surface area (Å²) in [5, 5.41) is 14.7. The lowest BCUT2D eigenvalue weighted by atomic mass is 9.97. The van der Waals surface area contributed by atoms with Gasteiger partial charge in [0.05, 0.1) is 12.0 Å². The van der Waals surface area contributed by atoms with E-state index in [2.05, 4.69) is 32.0 Å². The van der Waals surface area contributed by atoms with Crippen LogP contribution in [-0.4, -0.2) is 6.54 Å². The summed E-state index contributed by atoms with van der Waals surface area (Å²) in [5.41, 5.74) is 9.18. The number of fused-ring (bicyclic) bond motifs is 1. The monoisotopic (exact) mass is 300 g/mol. The van der Waals surface area contributed by atoms with E-state index < -0.39 is 5.92 Å². The van der Waals surface area contributed by atoms with Crippen molar-refractivity contribution in [2.45, 2.75) is 5.92 Å². The summed E-state index contributed by atoms with van der Waals surface area (Å²) in [6.45, 7) is 0.162. The van der Waals surface area contributed by atoms with Gasteiger partial charge in [0.25, 0.3) is 0 Å². The van der Waals surface area contributed by atoms with Gasteiger partial charge in [0.1, 0.15) is 0 Å². The van der Waals surface area contributed by atoms with Gasteiger partial charge in [0.15, 0.2) is 0 Å². The molecule has 0 N–H and O–H groups in total. The number of benzene rings is 2. The fourth-order valence-corrected chi connectivity index (χ4v) is 2.17. The molecule has 0 aliphatic heterocycles. The summed E-state index contributed by atoms with van der Waals surface area (Å²) < 4.78 is 1.02. The van der Waals surface area contributed by atoms with Crippen molar-refractivity contribution < 1.29 is 0 Å². The van der Waals surface area contributed by atoms with Gasteiger partial charge >= 0.3 is 0 Å². The Labute approximate surface area is 113 Å². The molecule has 0 aliphatic rings. The quantitative estimate of drug-likeness (QED) is 0.466. The topological polar surface area (TPSA) is 72.5 Å². The third-order valence-electron chi connectivity index (χ3n) is 2.71. The molecule has 0 aliphatic carbocycles.